The van der Waals surface area contributed by atoms with Gasteiger partial charge < -0.3 is 9.84 Å². The first-order valence-electron chi connectivity index (χ1n) is 5.59. The number of sulfonamides is 1. The molecule has 0 spiro atoms. The summed E-state index contributed by atoms with van der Waals surface area (Å²) in [5, 5.41) is 9.08. The minimum Gasteiger partial charge on any atom is -0.506 e. The van der Waals surface area contributed by atoms with Gasteiger partial charge in [-0.3, -0.25) is 9.52 Å². The molecule has 1 aromatic rings. The number of rotatable bonds is 6. The van der Waals surface area contributed by atoms with Gasteiger partial charge in [-0.15, -0.1) is 0 Å². The number of ether oxygens (including phenoxy) is 1. The van der Waals surface area contributed by atoms with Crippen LogP contribution in [0, 0.1) is 5.82 Å². The fourth-order valence-corrected chi connectivity index (χ4v) is 2.49. The molecule has 0 unspecified atom stereocenters. The summed E-state index contributed by atoms with van der Waals surface area (Å²) in [5.74, 6) is -2.66. The third kappa shape index (κ3) is 4.86. The molecular formula is C11H13ClFNO5S. The standard InChI is InChI=1S/C11H13ClFNO5S/c1-2-19-11(16)3-4-20(17,18)14-9-5-7(12)8(13)6-10(9)15/h5-6,14-15H,2-4H2,1H3. The van der Waals surface area contributed by atoms with Crippen molar-refractivity contribution in [1.29, 1.82) is 0 Å². The van der Waals surface area contributed by atoms with E-state index in [2.05, 4.69) is 4.74 Å². The third-order valence-electron chi connectivity index (χ3n) is 2.18. The highest BCUT2D eigenvalue weighted by Crippen LogP contribution is 2.30. The summed E-state index contributed by atoms with van der Waals surface area (Å²) in [7, 11) is -3.89. The summed E-state index contributed by atoms with van der Waals surface area (Å²) in [6.45, 7) is 1.75. The van der Waals surface area contributed by atoms with E-state index in [1.807, 2.05) is 4.72 Å². The molecule has 0 saturated heterocycles. The zero-order valence-corrected chi connectivity index (χ0v) is 12.1. The van der Waals surface area contributed by atoms with Gasteiger partial charge in [-0.1, -0.05) is 11.6 Å². The molecule has 1 rings (SSSR count). The van der Waals surface area contributed by atoms with Crippen LogP contribution in [0.5, 0.6) is 5.75 Å². The first-order valence-corrected chi connectivity index (χ1v) is 7.62. The predicted octanol–water partition coefficient (Wildman–Crippen LogP) is 1.88. The van der Waals surface area contributed by atoms with Gasteiger partial charge >= 0.3 is 5.97 Å². The number of esters is 1. The molecule has 0 radical (unpaired) electrons. The number of hydrogen-bond donors (Lipinski definition) is 2. The van der Waals surface area contributed by atoms with Gasteiger partial charge in [-0.2, -0.15) is 0 Å². The molecule has 0 heterocycles. The van der Waals surface area contributed by atoms with Crippen LogP contribution in [-0.4, -0.2) is 31.9 Å². The van der Waals surface area contributed by atoms with Crippen molar-refractivity contribution in [2.24, 2.45) is 0 Å². The summed E-state index contributed by atoms with van der Waals surface area (Å²) in [4.78, 5) is 11.1. The summed E-state index contributed by atoms with van der Waals surface area (Å²) in [5.41, 5.74) is -0.264. The second kappa shape index (κ2) is 6.76. The smallest absolute Gasteiger partial charge is 0.306 e. The SMILES string of the molecule is CCOC(=O)CCS(=O)(=O)Nc1cc(Cl)c(F)cc1O. The molecule has 0 aromatic heterocycles. The van der Waals surface area contributed by atoms with Crippen LogP contribution in [0.3, 0.4) is 0 Å². The van der Waals surface area contributed by atoms with Crippen LogP contribution < -0.4 is 4.72 Å². The van der Waals surface area contributed by atoms with Crippen molar-refractivity contribution in [3.05, 3.63) is 23.0 Å². The number of halogens is 2. The molecule has 1 aromatic carbocycles. The summed E-state index contributed by atoms with van der Waals surface area (Å²) >= 11 is 5.49. The molecule has 0 bridgehead atoms. The maximum atomic E-state index is 13.0. The molecule has 0 aliphatic rings. The molecule has 0 saturated carbocycles. The highest BCUT2D eigenvalue weighted by molar-refractivity contribution is 7.92. The third-order valence-corrected chi connectivity index (χ3v) is 3.75. The number of benzene rings is 1. The first-order chi connectivity index (χ1) is 9.25. The largest absolute Gasteiger partial charge is 0.506 e. The van der Waals surface area contributed by atoms with E-state index in [9.17, 15) is 22.7 Å². The second-order valence-electron chi connectivity index (χ2n) is 3.76. The van der Waals surface area contributed by atoms with E-state index in [4.69, 9.17) is 11.6 Å². The highest BCUT2D eigenvalue weighted by atomic mass is 35.5. The number of carbonyl (C=O) groups excluding carboxylic acids is 1. The van der Waals surface area contributed by atoms with Crippen molar-refractivity contribution >= 4 is 33.3 Å². The van der Waals surface area contributed by atoms with Crippen molar-refractivity contribution in [2.45, 2.75) is 13.3 Å². The van der Waals surface area contributed by atoms with E-state index >= 15 is 0 Å². The Morgan fingerprint density at radius 3 is 2.75 bits per heavy atom. The van der Waals surface area contributed by atoms with Crippen molar-refractivity contribution < 1.29 is 27.4 Å². The summed E-state index contributed by atoms with van der Waals surface area (Å²) in [6, 6.07) is 1.62. The normalized spacial score (nSPS) is 11.2. The van der Waals surface area contributed by atoms with Crippen LogP contribution in [0.25, 0.3) is 0 Å². The fourth-order valence-electron chi connectivity index (χ4n) is 1.29. The molecule has 9 heteroatoms. The average Bonchev–Trinajstić information content (AvgIpc) is 2.34. The molecule has 20 heavy (non-hydrogen) atoms. The van der Waals surface area contributed by atoms with Crippen LogP contribution >= 0.6 is 11.6 Å². The maximum absolute atomic E-state index is 13.0. The topological polar surface area (TPSA) is 92.7 Å². The van der Waals surface area contributed by atoms with Crippen LogP contribution in [0.1, 0.15) is 13.3 Å². The highest BCUT2D eigenvalue weighted by Gasteiger charge is 2.17. The molecule has 0 fully saturated rings. The molecule has 6 nitrogen and oxygen atoms in total. The number of hydrogen-bond acceptors (Lipinski definition) is 5. The number of carbonyl (C=O) groups is 1. The fraction of sp³-hybridized carbons (Fsp3) is 0.364. The van der Waals surface area contributed by atoms with Gasteiger partial charge in [-0.25, -0.2) is 12.8 Å². The van der Waals surface area contributed by atoms with Gasteiger partial charge in [0.1, 0.15) is 11.6 Å². The Labute approximate surface area is 120 Å². The molecule has 0 amide bonds. The zero-order chi connectivity index (χ0) is 15.3. The Bertz CT molecular complexity index is 605. The molecule has 0 aliphatic heterocycles. The van der Waals surface area contributed by atoms with Gasteiger partial charge in [0.25, 0.3) is 0 Å². The quantitative estimate of drug-likeness (QED) is 0.615. The summed E-state index contributed by atoms with van der Waals surface area (Å²) < 4.78 is 43.0. The van der Waals surface area contributed by atoms with Gasteiger partial charge in [0.2, 0.25) is 10.0 Å². The van der Waals surface area contributed by atoms with Crippen LogP contribution in [0.15, 0.2) is 12.1 Å². The minimum atomic E-state index is -3.89. The Morgan fingerprint density at radius 1 is 1.50 bits per heavy atom. The number of anilines is 1. The van der Waals surface area contributed by atoms with Crippen molar-refractivity contribution in [2.75, 3.05) is 17.1 Å². The Balaban J connectivity index is 2.76. The number of aromatic hydroxyl groups is 1. The van der Waals surface area contributed by atoms with E-state index in [1.165, 1.54) is 0 Å². The minimum absolute atomic E-state index is 0.153. The lowest BCUT2D eigenvalue weighted by Gasteiger charge is -2.10. The van der Waals surface area contributed by atoms with Crippen LogP contribution in [0.4, 0.5) is 10.1 Å². The van der Waals surface area contributed by atoms with Crippen LogP contribution in [-0.2, 0) is 19.6 Å². The van der Waals surface area contributed by atoms with Crippen molar-refractivity contribution in [3.8, 4) is 5.75 Å². The lowest BCUT2D eigenvalue weighted by atomic mass is 10.3. The second-order valence-corrected chi connectivity index (χ2v) is 6.01. The predicted molar refractivity (Wildman–Crippen MR) is 71.7 cm³/mol. The number of phenolic OH excluding ortho intramolecular Hbond substituents is 1. The monoisotopic (exact) mass is 325 g/mol. The molecular weight excluding hydrogens is 313 g/mol. The van der Waals surface area contributed by atoms with E-state index in [-0.39, 0.29) is 23.7 Å². The Morgan fingerprint density at radius 2 is 2.15 bits per heavy atom. The van der Waals surface area contributed by atoms with Crippen molar-refractivity contribution in [1.82, 2.24) is 0 Å². The Hall–Kier alpha value is -1.54. The maximum Gasteiger partial charge on any atom is 0.306 e. The Kier molecular flexibility index (Phi) is 5.58. The molecule has 0 atom stereocenters. The molecule has 2 N–H and O–H groups in total. The van der Waals surface area contributed by atoms with Crippen LogP contribution in [0.2, 0.25) is 5.02 Å². The van der Waals surface area contributed by atoms with Gasteiger partial charge in [0.15, 0.2) is 0 Å². The average molecular weight is 326 g/mol. The number of nitrogens with one attached hydrogen (secondary N) is 1. The van der Waals surface area contributed by atoms with Gasteiger partial charge in [-0.05, 0) is 13.0 Å². The summed E-state index contributed by atoms with van der Waals surface area (Å²) in [6.07, 6.45) is -0.334. The molecule has 112 valence electrons. The van der Waals surface area contributed by atoms with Gasteiger partial charge in [0, 0.05) is 6.07 Å². The van der Waals surface area contributed by atoms with E-state index in [0.717, 1.165) is 6.07 Å². The van der Waals surface area contributed by atoms with Crippen molar-refractivity contribution in [3.63, 3.8) is 0 Å². The van der Waals surface area contributed by atoms with Gasteiger partial charge in [0.05, 0.1) is 29.5 Å². The zero-order valence-electron chi connectivity index (χ0n) is 10.5. The molecule has 0 aliphatic carbocycles. The van der Waals surface area contributed by atoms with E-state index < -0.39 is 33.3 Å². The van der Waals surface area contributed by atoms with E-state index in [1.54, 1.807) is 6.92 Å². The number of phenols is 1. The lowest BCUT2D eigenvalue weighted by molar-refractivity contribution is -0.142. The van der Waals surface area contributed by atoms with E-state index in [0.29, 0.717) is 6.07 Å². The first kappa shape index (κ1) is 16.5. The lowest BCUT2D eigenvalue weighted by Crippen LogP contribution is -2.20.